The molecule has 0 radical (unpaired) electrons. The topological polar surface area (TPSA) is 185 Å². The number of carbonyl (C=O) groups is 2. The van der Waals surface area contributed by atoms with Crippen molar-refractivity contribution >= 4 is 96.9 Å². The number of amides is 2. The largest absolute Gasteiger partial charge is 0.492 e. The lowest BCUT2D eigenvalue weighted by atomic mass is 10.1. The number of nitro groups is 2. The van der Waals surface area contributed by atoms with Crippen molar-refractivity contribution in [3.63, 3.8) is 0 Å². The van der Waals surface area contributed by atoms with Crippen LogP contribution >= 0.6 is 62.3 Å². The Morgan fingerprint density at radius 2 is 1.11 bits per heavy atom. The molecule has 4 aromatic carbocycles. The number of nitrogens with zero attached hydrogens (tertiary/aromatic N) is 5. The number of nitro benzene ring substituents is 2. The molecule has 0 aliphatic carbocycles. The molecule has 4 aromatic rings. The zero-order valence-electron chi connectivity index (χ0n) is 33.3. The third-order valence-electron chi connectivity index (χ3n) is 9.13. The molecular weight excluding hydrogens is 942 g/mol. The Labute approximate surface area is 381 Å². The summed E-state index contributed by atoms with van der Waals surface area (Å²) in [4.78, 5) is 52.6. The van der Waals surface area contributed by atoms with E-state index in [0.717, 1.165) is 51.9 Å². The number of anilines is 2. The molecule has 2 amide bonds. The van der Waals surface area contributed by atoms with Crippen LogP contribution in [0.1, 0.15) is 20.7 Å². The van der Waals surface area contributed by atoms with Crippen LogP contribution in [-0.2, 0) is 0 Å². The third-order valence-corrected chi connectivity index (χ3v) is 10.6. The van der Waals surface area contributed by atoms with Gasteiger partial charge in [-0.25, -0.2) is 0 Å². The van der Waals surface area contributed by atoms with Gasteiger partial charge in [-0.3, -0.25) is 34.7 Å². The van der Waals surface area contributed by atoms with E-state index in [1.807, 2.05) is 0 Å². The number of nitrogens with one attached hydrogen (secondary N) is 3. The van der Waals surface area contributed by atoms with Crippen LogP contribution in [0.25, 0.3) is 0 Å². The summed E-state index contributed by atoms with van der Waals surface area (Å²) in [6.07, 6.45) is 0. The smallest absolute Gasteiger partial charge is 0.271 e. The Kier molecular flexibility index (Phi) is 20.2. The second kappa shape index (κ2) is 25.0. The molecule has 61 heavy (non-hydrogen) atoms. The number of piperazine rings is 2. The zero-order valence-corrected chi connectivity index (χ0v) is 37.9. The van der Waals surface area contributed by atoms with Crippen LogP contribution in [0.15, 0.2) is 72.8 Å². The number of non-ortho nitro benzene ring substituents is 2. The maximum Gasteiger partial charge on any atom is 0.271 e. The molecule has 16 nitrogen and oxygen atoms in total. The summed E-state index contributed by atoms with van der Waals surface area (Å²) in [6.45, 7) is 10.3. The lowest BCUT2D eigenvalue weighted by Gasteiger charge is -2.32. The van der Waals surface area contributed by atoms with Gasteiger partial charge in [0.25, 0.3) is 23.2 Å². The number of ether oxygens (including phenoxy) is 2. The fraction of sp³-hybridized carbons (Fsp3) is 0.350. The predicted molar refractivity (Wildman–Crippen MR) is 244 cm³/mol. The van der Waals surface area contributed by atoms with Crippen LogP contribution in [0.3, 0.4) is 0 Å². The van der Waals surface area contributed by atoms with E-state index in [4.69, 9.17) is 55.9 Å². The second-order valence-electron chi connectivity index (χ2n) is 13.6. The van der Waals surface area contributed by atoms with E-state index in [0.29, 0.717) is 40.1 Å². The molecule has 2 saturated heterocycles. The van der Waals surface area contributed by atoms with Gasteiger partial charge >= 0.3 is 0 Å². The molecule has 3 N–H and O–H groups in total. The normalized spacial score (nSPS) is 14.3. The molecule has 0 aromatic heterocycles. The lowest BCUT2D eigenvalue weighted by Crippen LogP contribution is -2.45. The number of rotatable bonds is 13. The second-order valence-corrected chi connectivity index (χ2v) is 16.1. The first kappa shape index (κ1) is 49.4. The van der Waals surface area contributed by atoms with Crippen molar-refractivity contribution in [2.75, 3.05) is 102 Å². The Bertz CT molecular complexity index is 2140. The minimum absolute atomic E-state index is 0.0579. The molecule has 21 heteroatoms. The summed E-state index contributed by atoms with van der Waals surface area (Å²) >= 11 is 27.3. The highest BCUT2D eigenvalue weighted by molar-refractivity contribution is 9.09. The average molecular weight is 988 g/mol. The first-order chi connectivity index (χ1) is 29.1. The summed E-state index contributed by atoms with van der Waals surface area (Å²) in [5.74, 6) is -0.181. The van der Waals surface area contributed by atoms with Crippen LogP contribution in [0, 0.1) is 20.2 Å². The fourth-order valence-corrected chi connectivity index (χ4v) is 6.66. The molecule has 328 valence electrons. The summed E-state index contributed by atoms with van der Waals surface area (Å²) in [5.41, 5.74) is 0.679. The first-order valence-corrected chi connectivity index (χ1v) is 21.5. The van der Waals surface area contributed by atoms with Gasteiger partial charge in [0.15, 0.2) is 0 Å². The van der Waals surface area contributed by atoms with Gasteiger partial charge in [-0.1, -0.05) is 62.3 Å². The van der Waals surface area contributed by atoms with Crippen LogP contribution in [-0.4, -0.2) is 128 Å². The SMILES string of the molecule is CN1CCN(CCOc2ccc(Cl)cc2C(=O)Nc2ccc([N+](=O)[O-])cc2Cl)CC1.CN1CCNCC1.O=C(Nc1ccc([N+](=O)[O-])cc1Cl)c1cc(Cl)ccc1OCCBr. The summed E-state index contributed by atoms with van der Waals surface area (Å²) < 4.78 is 11.4. The molecule has 0 atom stereocenters. The van der Waals surface area contributed by atoms with Gasteiger partial charge in [0.1, 0.15) is 18.1 Å². The predicted octanol–water partition coefficient (Wildman–Crippen LogP) is 8.23. The highest BCUT2D eigenvalue weighted by atomic mass is 79.9. The van der Waals surface area contributed by atoms with E-state index in [1.165, 1.54) is 55.6 Å². The van der Waals surface area contributed by atoms with Crippen LogP contribution in [0.5, 0.6) is 11.5 Å². The zero-order chi connectivity index (χ0) is 44.5. The van der Waals surface area contributed by atoms with Crippen molar-refractivity contribution in [3.05, 3.63) is 124 Å². The van der Waals surface area contributed by atoms with E-state index in [2.05, 4.69) is 60.7 Å². The molecule has 2 fully saturated rings. The van der Waals surface area contributed by atoms with E-state index in [-0.39, 0.29) is 43.9 Å². The highest BCUT2D eigenvalue weighted by Crippen LogP contribution is 2.31. The van der Waals surface area contributed by atoms with Gasteiger partial charge in [-0.2, -0.15) is 0 Å². The molecule has 2 aliphatic heterocycles. The van der Waals surface area contributed by atoms with Crippen molar-refractivity contribution in [3.8, 4) is 11.5 Å². The molecule has 0 bridgehead atoms. The number of carbonyl (C=O) groups excluding carboxylic acids is 2. The number of benzene rings is 4. The van der Waals surface area contributed by atoms with Gasteiger partial charge in [-0.05, 0) is 62.6 Å². The Morgan fingerprint density at radius 1 is 0.672 bits per heavy atom. The van der Waals surface area contributed by atoms with Crippen molar-refractivity contribution in [1.29, 1.82) is 0 Å². The molecule has 2 heterocycles. The number of hydrogen-bond acceptors (Lipinski definition) is 12. The number of halogens is 5. The minimum Gasteiger partial charge on any atom is -0.492 e. The maximum atomic E-state index is 12.8. The van der Waals surface area contributed by atoms with Gasteiger partial charge in [-0.15, -0.1) is 0 Å². The lowest BCUT2D eigenvalue weighted by molar-refractivity contribution is -0.385. The Hall–Kier alpha value is -4.30. The summed E-state index contributed by atoms with van der Waals surface area (Å²) in [5, 5.41) is 31.6. The first-order valence-electron chi connectivity index (χ1n) is 18.9. The van der Waals surface area contributed by atoms with E-state index >= 15 is 0 Å². The number of alkyl halides is 1. The molecule has 0 saturated carbocycles. The quantitative estimate of drug-likeness (QED) is 0.0664. The third kappa shape index (κ3) is 16.2. The Balaban J connectivity index is 0.000000235. The summed E-state index contributed by atoms with van der Waals surface area (Å²) in [6, 6.07) is 17.1. The van der Waals surface area contributed by atoms with Crippen LogP contribution in [0.4, 0.5) is 22.7 Å². The van der Waals surface area contributed by atoms with Crippen LogP contribution in [0.2, 0.25) is 20.1 Å². The van der Waals surface area contributed by atoms with Crippen molar-refractivity contribution in [1.82, 2.24) is 20.0 Å². The molecule has 6 rings (SSSR count). The van der Waals surface area contributed by atoms with Crippen LogP contribution < -0.4 is 25.4 Å². The fourth-order valence-electron chi connectivity index (χ4n) is 5.71. The summed E-state index contributed by atoms with van der Waals surface area (Å²) in [7, 11) is 4.25. The van der Waals surface area contributed by atoms with Gasteiger partial charge < -0.3 is 35.2 Å². The standard InChI is InChI=1S/C20H22Cl2N4O4.C15H11BrCl2N2O4.C5H12N2/c1-24-6-8-25(9-7-24)10-11-30-19-5-2-14(21)12-16(19)20(27)23-18-4-3-15(26(28)29)13-17(18)22;16-5-6-24-14-4-1-9(17)7-11(14)15(21)19-13-3-2-10(20(22)23)8-12(13)18;1-7-4-2-6-3-5-7/h2-5,12-13H,6-11H2,1H3,(H,23,27);1-4,7-8H,5-6H2,(H,19,21);6H,2-5H2,1H3. The monoisotopic (exact) mass is 984 g/mol. The molecule has 0 unspecified atom stereocenters. The van der Waals surface area contributed by atoms with E-state index < -0.39 is 21.7 Å². The van der Waals surface area contributed by atoms with E-state index in [1.54, 1.807) is 24.3 Å². The maximum absolute atomic E-state index is 12.8. The minimum atomic E-state index is -0.569. The number of hydrogen-bond donors (Lipinski definition) is 3. The number of likely N-dealkylation sites (N-methyl/N-ethyl adjacent to an activating group) is 2. The van der Waals surface area contributed by atoms with Crippen molar-refractivity contribution in [2.45, 2.75) is 0 Å². The van der Waals surface area contributed by atoms with Crippen molar-refractivity contribution < 1.29 is 28.9 Å². The van der Waals surface area contributed by atoms with Gasteiger partial charge in [0.2, 0.25) is 0 Å². The van der Waals surface area contributed by atoms with Crippen molar-refractivity contribution in [2.24, 2.45) is 0 Å². The van der Waals surface area contributed by atoms with Gasteiger partial charge in [0.05, 0.1) is 49.0 Å². The molecular formula is C40H45BrCl4N8O8. The Morgan fingerprint density at radius 3 is 1.51 bits per heavy atom. The van der Waals surface area contributed by atoms with Gasteiger partial charge in [0, 0.05) is 98.5 Å². The highest BCUT2D eigenvalue weighted by Gasteiger charge is 2.20. The average Bonchev–Trinajstić information content (AvgIpc) is 3.23. The van der Waals surface area contributed by atoms with E-state index in [9.17, 15) is 29.8 Å². The molecule has 2 aliphatic rings. The molecule has 0 spiro atoms.